The lowest BCUT2D eigenvalue weighted by Crippen LogP contribution is -2.32. The second-order valence-corrected chi connectivity index (χ2v) is 10.8. The zero-order valence-corrected chi connectivity index (χ0v) is 19.0. The molecule has 0 heterocycles. The smallest absolute Gasteiger partial charge is 0.240 e. The van der Waals surface area contributed by atoms with Crippen molar-refractivity contribution in [1.29, 1.82) is 5.26 Å². The number of nitrogens with zero attached hydrogens (tertiary/aromatic N) is 1. The third kappa shape index (κ3) is 8.27. The second kappa shape index (κ2) is 10.9. The molecular weight excluding hydrogens is 416 g/mol. The van der Waals surface area contributed by atoms with Crippen LogP contribution in [0.25, 0.3) is 0 Å². The number of carbonyl (C=O) groups is 1. The monoisotopic (exact) mass is 442 g/mol. The molecule has 1 aromatic rings. The van der Waals surface area contributed by atoms with Gasteiger partial charge in [0, 0.05) is 23.6 Å². The van der Waals surface area contributed by atoms with E-state index in [9.17, 15) is 13.2 Å². The number of hydrogen-bond donors (Lipinski definition) is 1. The predicted molar refractivity (Wildman–Crippen MR) is 116 cm³/mol. The Balaban J connectivity index is 2.81. The van der Waals surface area contributed by atoms with Gasteiger partial charge in [0.05, 0.1) is 23.1 Å². The molecule has 1 aromatic carbocycles. The number of thiocarbonyl (C=S) groups is 1. The van der Waals surface area contributed by atoms with Crippen LogP contribution in [0.4, 0.5) is 0 Å². The molecule has 0 radical (unpaired) electrons. The summed E-state index contributed by atoms with van der Waals surface area (Å²) >= 11 is 6.41. The normalized spacial score (nSPS) is 12.8. The highest BCUT2D eigenvalue weighted by atomic mass is 32.2. The molecule has 0 fully saturated rings. The molecule has 0 bridgehead atoms. The fourth-order valence-corrected chi connectivity index (χ4v) is 4.73. The molecule has 0 aromatic heterocycles. The van der Waals surface area contributed by atoms with Crippen molar-refractivity contribution in [3.63, 3.8) is 0 Å². The fraction of sp³-hybridized carbons (Fsp3) is 0.526. The molecular formula is C19H26N2O4S3. The average Bonchev–Trinajstić information content (AvgIpc) is 2.63. The molecule has 1 rings (SSSR count). The summed E-state index contributed by atoms with van der Waals surface area (Å²) in [5.74, 6) is 0.107. The zero-order chi connectivity index (χ0) is 21.4. The first-order valence-electron chi connectivity index (χ1n) is 8.86. The number of ketones is 1. The van der Waals surface area contributed by atoms with Crippen LogP contribution in [0.5, 0.6) is 0 Å². The first-order chi connectivity index (χ1) is 13.0. The van der Waals surface area contributed by atoms with Gasteiger partial charge in [0.1, 0.15) is 5.78 Å². The molecule has 6 nitrogen and oxygen atoms in total. The maximum Gasteiger partial charge on any atom is 0.240 e. The largest absolute Gasteiger partial charge is 0.479 e. The average molecular weight is 443 g/mol. The Hall–Kier alpha value is -1.47. The molecule has 1 unspecified atom stereocenters. The van der Waals surface area contributed by atoms with Gasteiger partial charge in [-0.1, -0.05) is 32.5 Å². The summed E-state index contributed by atoms with van der Waals surface area (Å²) in [4.78, 5) is 12.3. The topological polar surface area (TPSA) is 96.3 Å². The minimum absolute atomic E-state index is 0.0772. The number of hydrogen-bond acceptors (Lipinski definition) is 7. The van der Waals surface area contributed by atoms with Gasteiger partial charge in [-0.25, -0.2) is 13.1 Å². The quantitative estimate of drug-likeness (QED) is 0.583. The molecule has 1 N–H and O–H groups in total. The first-order valence-corrected chi connectivity index (χ1v) is 11.6. The Morgan fingerprint density at radius 2 is 1.93 bits per heavy atom. The molecule has 154 valence electrons. The number of carbonyl (C=O) groups excluding carboxylic acids is 1. The molecule has 9 heteroatoms. The van der Waals surface area contributed by atoms with Crippen LogP contribution in [0.2, 0.25) is 0 Å². The fourth-order valence-electron chi connectivity index (χ4n) is 2.15. The van der Waals surface area contributed by atoms with Crippen molar-refractivity contribution < 1.29 is 17.9 Å². The summed E-state index contributed by atoms with van der Waals surface area (Å²) in [6.07, 6.45) is 0.804. The highest BCUT2D eigenvalue weighted by molar-refractivity contribution is 8.23. The van der Waals surface area contributed by atoms with Crippen molar-refractivity contribution in [2.45, 2.75) is 50.7 Å². The summed E-state index contributed by atoms with van der Waals surface area (Å²) in [5.41, 5.74) is -0.0624. The molecule has 1 atom stereocenters. The summed E-state index contributed by atoms with van der Waals surface area (Å²) in [7, 11) is -3.74. The van der Waals surface area contributed by atoms with E-state index in [0.29, 0.717) is 29.4 Å². The summed E-state index contributed by atoms with van der Waals surface area (Å²) in [5, 5.41) is 8.59. The van der Waals surface area contributed by atoms with Crippen LogP contribution in [0.3, 0.4) is 0 Å². The first kappa shape index (κ1) is 24.6. The van der Waals surface area contributed by atoms with Crippen LogP contribution in [0.15, 0.2) is 29.2 Å². The van der Waals surface area contributed by atoms with Crippen molar-refractivity contribution >= 4 is 44.2 Å². The number of thioether (sulfide) groups is 1. The third-order valence-corrected chi connectivity index (χ3v) is 6.74. The van der Waals surface area contributed by atoms with E-state index in [-0.39, 0.29) is 22.5 Å². The molecule has 0 amide bonds. The molecule has 0 aliphatic carbocycles. The van der Waals surface area contributed by atoms with Crippen LogP contribution < -0.4 is 4.72 Å². The lowest BCUT2D eigenvalue weighted by molar-refractivity contribution is -0.126. The van der Waals surface area contributed by atoms with Crippen molar-refractivity contribution in [2.24, 2.45) is 5.41 Å². The predicted octanol–water partition coefficient (Wildman–Crippen LogP) is 3.66. The number of nitriles is 1. The van der Waals surface area contributed by atoms with Crippen molar-refractivity contribution in [3.05, 3.63) is 29.8 Å². The number of ether oxygens (including phenoxy) is 1. The van der Waals surface area contributed by atoms with E-state index in [4.69, 9.17) is 22.2 Å². The minimum atomic E-state index is -3.74. The summed E-state index contributed by atoms with van der Waals surface area (Å²) in [6, 6.07) is 7.62. The molecule has 0 saturated carbocycles. The Morgan fingerprint density at radius 1 is 1.32 bits per heavy atom. The van der Waals surface area contributed by atoms with Crippen LogP contribution in [-0.2, 0) is 19.6 Å². The van der Waals surface area contributed by atoms with E-state index in [0.717, 1.165) is 0 Å². The third-order valence-electron chi connectivity index (χ3n) is 3.85. The Bertz CT molecular complexity index is 822. The second-order valence-electron chi connectivity index (χ2n) is 7.12. The van der Waals surface area contributed by atoms with E-state index in [1.807, 2.05) is 33.8 Å². The van der Waals surface area contributed by atoms with Crippen LogP contribution in [0.1, 0.15) is 46.1 Å². The van der Waals surface area contributed by atoms with Gasteiger partial charge in [-0.3, -0.25) is 4.79 Å². The number of Topliss-reactive ketones (excluding diaryl/α,β-unsaturated/α-hetero) is 1. The molecule has 28 heavy (non-hydrogen) atoms. The van der Waals surface area contributed by atoms with Gasteiger partial charge in [-0.15, -0.1) is 0 Å². The van der Waals surface area contributed by atoms with Gasteiger partial charge >= 0.3 is 0 Å². The SMILES string of the molecule is CCOC(=S)SC(CCC(=O)C(C)(C)C)CNS(=O)(=O)c1ccc(C#N)cc1. The van der Waals surface area contributed by atoms with Gasteiger partial charge in [0.15, 0.2) is 0 Å². The van der Waals surface area contributed by atoms with Crippen LogP contribution in [0, 0.1) is 16.7 Å². The van der Waals surface area contributed by atoms with Crippen molar-refractivity contribution in [3.8, 4) is 6.07 Å². The van der Waals surface area contributed by atoms with E-state index in [1.165, 1.54) is 36.0 Å². The van der Waals surface area contributed by atoms with Gasteiger partial charge in [-0.2, -0.15) is 5.26 Å². The van der Waals surface area contributed by atoms with E-state index in [1.54, 1.807) is 0 Å². The van der Waals surface area contributed by atoms with Crippen LogP contribution >= 0.6 is 24.0 Å². The summed E-state index contributed by atoms with van der Waals surface area (Å²) < 4.78 is 33.2. The maximum absolute atomic E-state index is 12.5. The van der Waals surface area contributed by atoms with Crippen molar-refractivity contribution in [1.82, 2.24) is 4.72 Å². The number of benzene rings is 1. The van der Waals surface area contributed by atoms with Gasteiger partial charge in [0.25, 0.3) is 0 Å². The van der Waals surface area contributed by atoms with Crippen molar-refractivity contribution in [2.75, 3.05) is 13.2 Å². The molecule has 0 spiro atoms. The summed E-state index contributed by atoms with van der Waals surface area (Å²) in [6.45, 7) is 7.93. The lowest BCUT2D eigenvalue weighted by atomic mass is 9.88. The molecule has 0 aliphatic heterocycles. The van der Waals surface area contributed by atoms with Gasteiger partial charge in [0.2, 0.25) is 14.4 Å². The Labute approximate surface area is 177 Å². The highest BCUT2D eigenvalue weighted by Crippen LogP contribution is 2.24. The Kier molecular flexibility index (Phi) is 9.57. The zero-order valence-electron chi connectivity index (χ0n) is 16.5. The Morgan fingerprint density at radius 3 is 2.43 bits per heavy atom. The minimum Gasteiger partial charge on any atom is -0.479 e. The number of nitrogens with one attached hydrogen (secondary N) is 1. The van der Waals surface area contributed by atoms with Gasteiger partial charge in [-0.05, 0) is 49.8 Å². The standard InChI is InChI=1S/C19H26N2O4S3/c1-5-25-18(26)27-15(8-11-17(22)19(2,3)4)13-21-28(23,24)16-9-6-14(12-20)7-10-16/h6-7,9-10,15,21H,5,8,11,13H2,1-4H3. The maximum atomic E-state index is 12.5. The van der Waals surface area contributed by atoms with Crippen LogP contribution in [-0.4, -0.2) is 37.0 Å². The lowest BCUT2D eigenvalue weighted by Gasteiger charge is -2.20. The van der Waals surface area contributed by atoms with E-state index in [2.05, 4.69) is 4.72 Å². The van der Waals surface area contributed by atoms with E-state index < -0.39 is 15.4 Å². The number of rotatable bonds is 9. The number of sulfonamides is 1. The van der Waals surface area contributed by atoms with Gasteiger partial charge < -0.3 is 4.74 Å². The highest BCUT2D eigenvalue weighted by Gasteiger charge is 2.24. The molecule has 0 saturated heterocycles. The molecule has 0 aliphatic rings. The van der Waals surface area contributed by atoms with E-state index >= 15 is 0 Å².